The Labute approximate surface area is 166 Å². The minimum atomic E-state index is -0.879. The van der Waals surface area contributed by atoms with E-state index in [4.69, 9.17) is 0 Å². The number of carbonyl (C=O) groups excluding carboxylic acids is 2. The van der Waals surface area contributed by atoms with Crippen LogP contribution in [0.2, 0.25) is 0 Å². The van der Waals surface area contributed by atoms with Gasteiger partial charge in [-0.1, -0.05) is 18.2 Å². The fourth-order valence-corrected chi connectivity index (χ4v) is 3.63. The highest BCUT2D eigenvalue weighted by atomic mass is 19.1. The van der Waals surface area contributed by atoms with E-state index in [1.807, 2.05) is 13.8 Å². The summed E-state index contributed by atoms with van der Waals surface area (Å²) < 4.78 is 14.0. The van der Waals surface area contributed by atoms with Gasteiger partial charge < -0.3 is 10.2 Å². The number of hydrogen-bond acceptors (Lipinski definition) is 3. The molecule has 2 N–H and O–H groups in total. The Morgan fingerprint density at radius 1 is 1.29 bits per heavy atom. The van der Waals surface area contributed by atoms with Crippen molar-refractivity contribution in [3.05, 3.63) is 35.6 Å². The Balaban J connectivity index is 2.29. The second-order valence-corrected chi connectivity index (χ2v) is 8.25. The van der Waals surface area contributed by atoms with Crippen molar-refractivity contribution in [3.8, 4) is 0 Å². The van der Waals surface area contributed by atoms with Crippen molar-refractivity contribution < 1.29 is 19.2 Å². The highest BCUT2D eigenvalue weighted by Gasteiger charge is 2.55. The minimum absolute atomic E-state index is 0.160. The highest BCUT2D eigenvalue weighted by molar-refractivity contribution is 5.81. The Hall–Kier alpha value is -2.35. The first kappa shape index (κ1) is 21.9. The monoisotopic (exact) mass is 394 g/mol. The molecular weight excluding hydrogens is 363 g/mol. The molecule has 1 saturated heterocycles. The molecule has 8 heteroatoms. The Morgan fingerprint density at radius 3 is 2.43 bits per heavy atom. The van der Waals surface area contributed by atoms with Crippen LogP contribution in [0.1, 0.15) is 47.1 Å². The summed E-state index contributed by atoms with van der Waals surface area (Å²) in [5.41, 5.74) is -0.362. The third kappa shape index (κ3) is 4.22. The summed E-state index contributed by atoms with van der Waals surface area (Å²) in [6.07, 6.45) is -0.538. The van der Waals surface area contributed by atoms with E-state index >= 15 is 0 Å². The number of rotatable bonds is 6. The van der Waals surface area contributed by atoms with E-state index in [2.05, 4.69) is 5.32 Å². The molecule has 1 aliphatic heterocycles. The van der Waals surface area contributed by atoms with E-state index in [-0.39, 0.29) is 30.5 Å². The molecule has 0 radical (unpaired) electrons. The Kier molecular flexibility index (Phi) is 6.54. The average molecular weight is 394 g/mol. The van der Waals surface area contributed by atoms with Gasteiger partial charge in [0.1, 0.15) is 5.82 Å². The van der Waals surface area contributed by atoms with E-state index in [0.717, 1.165) is 0 Å². The van der Waals surface area contributed by atoms with E-state index in [0.29, 0.717) is 17.0 Å². The summed E-state index contributed by atoms with van der Waals surface area (Å²) in [4.78, 5) is 28.6. The number of carbonyl (C=O) groups is 2. The van der Waals surface area contributed by atoms with Crippen LogP contribution >= 0.6 is 0 Å². The summed E-state index contributed by atoms with van der Waals surface area (Å²) in [6.45, 7) is 11.1. The minimum Gasteiger partial charge on any atom is -0.334 e. The first-order chi connectivity index (χ1) is 13.0. The molecule has 4 amide bonds. The van der Waals surface area contributed by atoms with Gasteiger partial charge in [0, 0.05) is 18.6 Å². The lowest BCUT2D eigenvalue weighted by Gasteiger charge is -2.39. The number of urea groups is 2. The molecule has 1 heterocycles. The van der Waals surface area contributed by atoms with E-state index < -0.39 is 17.7 Å². The largest absolute Gasteiger partial charge is 0.343 e. The van der Waals surface area contributed by atoms with Crippen molar-refractivity contribution in [2.75, 3.05) is 6.54 Å². The molecule has 0 aliphatic carbocycles. The lowest BCUT2D eigenvalue weighted by molar-refractivity contribution is -0.137. The van der Waals surface area contributed by atoms with Gasteiger partial charge in [-0.15, -0.1) is 0 Å². The zero-order valence-corrected chi connectivity index (χ0v) is 17.4. The molecule has 2 rings (SSSR count). The molecule has 1 atom stereocenters. The van der Waals surface area contributed by atoms with Crippen LogP contribution in [0.5, 0.6) is 0 Å². The number of halogens is 1. The van der Waals surface area contributed by atoms with Crippen molar-refractivity contribution >= 4 is 12.1 Å². The zero-order chi connectivity index (χ0) is 21.2. The fourth-order valence-electron chi connectivity index (χ4n) is 3.63. The normalized spacial score (nSPS) is 18.9. The van der Waals surface area contributed by atoms with Gasteiger partial charge in [-0.05, 0) is 59.6 Å². The number of nitrogens with zero attached hydrogens (tertiary/aromatic N) is 3. The van der Waals surface area contributed by atoms with Gasteiger partial charge in [0.15, 0.2) is 6.17 Å². The summed E-state index contributed by atoms with van der Waals surface area (Å²) in [5.74, 6) is -0.315. The topological polar surface area (TPSA) is 76.1 Å². The van der Waals surface area contributed by atoms with Crippen molar-refractivity contribution in [1.82, 2.24) is 20.2 Å². The van der Waals surface area contributed by atoms with Crippen LogP contribution in [0, 0.1) is 5.82 Å². The predicted octanol–water partition coefficient (Wildman–Crippen LogP) is 3.43. The molecule has 0 spiro atoms. The molecule has 0 unspecified atom stereocenters. The van der Waals surface area contributed by atoms with Gasteiger partial charge in [-0.25, -0.2) is 14.0 Å². The second-order valence-electron chi connectivity index (χ2n) is 8.25. The van der Waals surface area contributed by atoms with Gasteiger partial charge in [-0.3, -0.25) is 10.1 Å². The Morgan fingerprint density at radius 2 is 1.89 bits per heavy atom. The average Bonchev–Trinajstić information content (AvgIpc) is 2.78. The third-order valence-electron chi connectivity index (χ3n) is 5.01. The predicted molar refractivity (Wildman–Crippen MR) is 104 cm³/mol. The van der Waals surface area contributed by atoms with E-state index in [1.54, 1.807) is 50.8 Å². The summed E-state index contributed by atoms with van der Waals surface area (Å²) >= 11 is 0. The Bertz CT molecular complexity index is 723. The molecule has 0 aromatic heterocycles. The summed E-state index contributed by atoms with van der Waals surface area (Å²) in [5, 5.41) is 13.9. The quantitative estimate of drug-likeness (QED) is 0.573. The van der Waals surface area contributed by atoms with Gasteiger partial charge >= 0.3 is 12.1 Å². The first-order valence-corrected chi connectivity index (χ1v) is 9.60. The van der Waals surface area contributed by atoms with Gasteiger partial charge in [0.2, 0.25) is 0 Å². The number of hydrogen-bond donors (Lipinski definition) is 2. The van der Waals surface area contributed by atoms with Crippen LogP contribution in [0.25, 0.3) is 0 Å². The lowest BCUT2D eigenvalue weighted by atomic mass is 9.98. The van der Waals surface area contributed by atoms with Gasteiger partial charge in [0.25, 0.3) is 0 Å². The van der Waals surface area contributed by atoms with Crippen LogP contribution in [-0.4, -0.2) is 62.5 Å². The molecule has 1 fully saturated rings. The standard InChI is InChI=1S/C20H31FN4O3/c1-13(2)22-18(26)25(28)17-20(5,6)23(19(27)24(17)14(3)4)12-11-15-9-7-8-10-16(15)21/h7-10,13-14,17,28H,11-12H2,1-6H3,(H,22,26)/t17-/m0/s1. The maximum Gasteiger partial charge on any atom is 0.343 e. The molecule has 7 nitrogen and oxygen atoms in total. The maximum atomic E-state index is 14.0. The lowest BCUT2D eigenvalue weighted by Crippen LogP contribution is -2.60. The van der Waals surface area contributed by atoms with Crippen molar-refractivity contribution in [2.24, 2.45) is 0 Å². The highest BCUT2D eigenvalue weighted by Crippen LogP contribution is 2.36. The number of hydroxylamine groups is 2. The van der Waals surface area contributed by atoms with Crippen molar-refractivity contribution in [3.63, 3.8) is 0 Å². The summed E-state index contributed by atoms with van der Waals surface area (Å²) in [7, 11) is 0. The number of nitrogens with one attached hydrogen (secondary N) is 1. The molecule has 1 aromatic rings. The van der Waals surface area contributed by atoms with Crippen molar-refractivity contribution in [2.45, 2.75) is 71.8 Å². The number of amides is 4. The van der Waals surface area contributed by atoms with Gasteiger partial charge in [0.05, 0.1) is 5.54 Å². The SMILES string of the molecule is CC(C)NC(=O)N(O)[C@@H]1N(C(C)C)C(=O)N(CCc2ccccc2F)C1(C)C. The molecule has 0 bridgehead atoms. The van der Waals surface area contributed by atoms with Crippen LogP contribution in [0.4, 0.5) is 14.0 Å². The molecule has 1 aliphatic rings. The van der Waals surface area contributed by atoms with Crippen LogP contribution < -0.4 is 5.32 Å². The molecular formula is C20H31FN4O3. The van der Waals surface area contributed by atoms with Crippen LogP contribution in [0.3, 0.4) is 0 Å². The third-order valence-corrected chi connectivity index (χ3v) is 5.01. The number of benzene rings is 1. The smallest absolute Gasteiger partial charge is 0.334 e. The van der Waals surface area contributed by atoms with E-state index in [1.165, 1.54) is 11.0 Å². The van der Waals surface area contributed by atoms with Gasteiger partial charge in [-0.2, -0.15) is 5.06 Å². The van der Waals surface area contributed by atoms with Crippen molar-refractivity contribution in [1.29, 1.82) is 0 Å². The zero-order valence-electron chi connectivity index (χ0n) is 17.4. The first-order valence-electron chi connectivity index (χ1n) is 9.60. The van der Waals surface area contributed by atoms with E-state index in [9.17, 15) is 19.2 Å². The van der Waals surface area contributed by atoms with Crippen LogP contribution in [-0.2, 0) is 6.42 Å². The molecule has 0 saturated carbocycles. The fraction of sp³-hybridized carbons (Fsp3) is 0.600. The van der Waals surface area contributed by atoms with Crippen LogP contribution in [0.15, 0.2) is 24.3 Å². The maximum absolute atomic E-state index is 14.0. The summed E-state index contributed by atoms with van der Waals surface area (Å²) in [6, 6.07) is 5.10. The second kappa shape index (κ2) is 8.34. The molecule has 1 aromatic carbocycles. The molecule has 28 heavy (non-hydrogen) atoms. The molecule has 156 valence electrons.